The van der Waals surface area contributed by atoms with E-state index in [2.05, 4.69) is 27.7 Å². The number of urea groups is 2. The molecule has 0 aromatic carbocycles. The Morgan fingerprint density at radius 1 is 0.714 bits per heavy atom. The molecule has 0 spiro atoms. The number of nitrogens with zero attached hydrogens (tertiary/aromatic N) is 4. The van der Waals surface area contributed by atoms with Crippen LogP contribution >= 0.6 is 48.0 Å². The maximum atomic E-state index is 12.5. The fourth-order valence-corrected chi connectivity index (χ4v) is 7.45. The fourth-order valence-electron chi connectivity index (χ4n) is 4.17. The average Bonchev–Trinajstić information content (AvgIpc) is 3.21. The van der Waals surface area contributed by atoms with E-state index >= 15 is 0 Å². The maximum absolute atomic E-state index is 12.5. The Bertz CT molecular complexity index is 713. The summed E-state index contributed by atoms with van der Waals surface area (Å²) in [6, 6.07) is 0.132. The van der Waals surface area contributed by atoms with Crippen LogP contribution in [0.25, 0.3) is 0 Å². The fraction of sp³-hybridized carbons (Fsp3) is 0.840. The van der Waals surface area contributed by atoms with Gasteiger partial charge in [-0.15, -0.1) is 0 Å². The molecule has 2 fully saturated rings. The molecule has 10 heteroatoms. The zero-order valence-corrected chi connectivity index (χ0v) is 25.7. The lowest BCUT2D eigenvalue weighted by atomic mass is 9.89. The first-order chi connectivity index (χ1) is 16.4. The van der Waals surface area contributed by atoms with Crippen molar-refractivity contribution in [2.45, 2.75) is 60.8 Å². The van der Waals surface area contributed by atoms with Crippen molar-refractivity contribution in [2.24, 2.45) is 10.8 Å². The molecule has 2 heterocycles. The third-order valence-electron chi connectivity index (χ3n) is 6.62. The molecule has 0 bridgehead atoms. The zero-order valence-electron chi connectivity index (χ0n) is 22.4. The van der Waals surface area contributed by atoms with Gasteiger partial charge in [0.2, 0.25) is 0 Å². The van der Waals surface area contributed by atoms with Crippen molar-refractivity contribution in [2.75, 3.05) is 62.3 Å². The smallest absolute Gasteiger partial charge is 0.318 e. The van der Waals surface area contributed by atoms with Crippen LogP contribution in [-0.2, 0) is 0 Å². The molecule has 0 aliphatic carbocycles. The molecular formula is C25H44N4O2S4. The minimum Gasteiger partial charge on any atom is -0.318 e. The molecule has 0 unspecified atom stereocenters. The molecule has 0 N–H and O–H groups in total. The van der Waals surface area contributed by atoms with Gasteiger partial charge >= 0.3 is 12.1 Å². The van der Waals surface area contributed by atoms with Gasteiger partial charge < -0.3 is 9.80 Å². The highest BCUT2D eigenvalue weighted by atomic mass is 32.2. The van der Waals surface area contributed by atoms with E-state index in [1.54, 1.807) is 9.80 Å². The van der Waals surface area contributed by atoms with E-state index in [0.29, 0.717) is 39.3 Å². The summed E-state index contributed by atoms with van der Waals surface area (Å²) < 4.78 is 0. The quantitative estimate of drug-likeness (QED) is 0.174. The van der Waals surface area contributed by atoms with Gasteiger partial charge in [0.15, 0.2) is 0 Å². The van der Waals surface area contributed by atoms with E-state index in [-0.39, 0.29) is 22.9 Å². The highest BCUT2D eigenvalue weighted by Gasteiger charge is 2.36. The average molecular weight is 561 g/mol. The summed E-state index contributed by atoms with van der Waals surface area (Å²) in [4.78, 5) is 33.7. The van der Waals surface area contributed by atoms with Crippen molar-refractivity contribution in [1.29, 1.82) is 0 Å². The molecule has 0 atom stereocenters. The normalized spacial score (nSPS) is 17.5. The van der Waals surface area contributed by atoms with E-state index < -0.39 is 0 Å². The Hall–Kier alpha value is -0.580. The van der Waals surface area contributed by atoms with Gasteiger partial charge in [-0.05, 0) is 67.0 Å². The Balaban J connectivity index is 1.55. The number of hydrogen-bond donors (Lipinski definition) is 0. The Labute approximate surface area is 232 Å². The number of rotatable bonds is 16. The van der Waals surface area contributed by atoms with Gasteiger partial charge in [0.25, 0.3) is 0 Å². The summed E-state index contributed by atoms with van der Waals surface area (Å²) in [5.74, 6) is 4.55. The number of thiocarbonyl (C=S) groups is 2. The number of hydrogen-bond acceptors (Lipinski definition) is 6. The molecule has 0 saturated carbocycles. The van der Waals surface area contributed by atoms with Gasteiger partial charge in [0, 0.05) is 26.2 Å². The first-order valence-electron chi connectivity index (χ1n) is 12.7. The lowest BCUT2D eigenvalue weighted by Crippen LogP contribution is -2.39. The van der Waals surface area contributed by atoms with Crippen molar-refractivity contribution >= 4 is 70.0 Å². The van der Waals surface area contributed by atoms with E-state index in [1.165, 1.54) is 17.9 Å². The zero-order chi connectivity index (χ0) is 26.2. The Morgan fingerprint density at radius 3 is 1.40 bits per heavy atom. The van der Waals surface area contributed by atoms with Crippen LogP contribution in [0.15, 0.2) is 0 Å². The van der Waals surface area contributed by atoms with Gasteiger partial charge in [-0.3, -0.25) is 9.80 Å². The van der Waals surface area contributed by atoms with Gasteiger partial charge in [-0.2, -0.15) is 23.5 Å². The van der Waals surface area contributed by atoms with Gasteiger partial charge in [-0.25, -0.2) is 9.59 Å². The third-order valence-corrected chi connectivity index (χ3v) is 9.46. The van der Waals surface area contributed by atoms with Crippen molar-refractivity contribution in [3.63, 3.8) is 0 Å². The lowest BCUT2D eigenvalue weighted by Gasteiger charge is -2.30. The van der Waals surface area contributed by atoms with Crippen LogP contribution in [0.4, 0.5) is 9.59 Å². The molecule has 6 nitrogen and oxygen atoms in total. The second-order valence-corrected chi connectivity index (χ2v) is 14.4. The summed E-state index contributed by atoms with van der Waals surface area (Å²) in [6.45, 7) is 16.9. The number of likely N-dealkylation sites (N-methyl/N-ethyl adjacent to an activating group) is 2. The highest BCUT2D eigenvalue weighted by molar-refractivity contribution is 8.00. The van der Waals surface area contributed by atoms with Crippen LogP contribution in [0, 0.1) is 10.8 Å². The molecule has 200 valence electrons. The van der Waals surface area contributed by atoms with E-state index in [0.717, 1.165) is 34.3 Å². The van der Waals surface area contributed by atoms with Crippen molar-refractivity contribution in [1.82, 2.24) is 19.6 Å². The van der Waals surface area contributed by atoms with Crippen LogP contribution < -0.4 is 0 Å². The summed E-state index contributed by atoms with van der Waals surface area (Å²) >= 11 is 14.9. The van der Waals surface area contributed by atoms with Gasteiger partial charge in [0.1, 0.15) is 9.98 Å². The maximum Gasteiger partial charge on any atom is 0.325 e. The van der Waals surface area contributed by atoms with E-state index in [4.69, 9.17) is 24.4 Å². The predicted octanol–water partition coefficient (Wildman–Crippen LogP) is 5.85. The topological polar surface area (TPSA) is 47.1 Å². The Kier molecular flexibility index (Phi) is 12.1. The lowest BCUT2D eigenvalue weighted by molar-refractivity contribution is 0.182. The SMILES string of the molecule is CCN1CC(=S)N(CC(C)(C)CCSCCCSCCC(C)(C)CN2C(=O)N(CC)CC2=S)C1=O. The molecule has 2 aliphatic heterocycles. The number of carbonyl (C=O) groups is 2. The van der Waals surface area contributed by atoms with E-state index in [9.17, 15) is 9.59 Å². The molecule has 0 aromatic rings. The minimum absolute atomic E-state index is 0.0595. The summed E-state index contributed by atoms with van der Waals surface area (Å²) in [7, 11) is 0. The second kappa shape index (κ2) is 13.8. The summed E-state index contributed by atoms with van der Waals surface area (Å²) in [5.41, 5.74) is 0.119. The minimum atomic E-state index is 0.0595. The number of carbonyl (C=O) groups excluding carboxylic acids is 2. The van der Waals surface area contributed by atoms with Crippen LogP contribution in [0.2, 0.25) is 0 Å². The summed E-state index contributed by atoms with van der Waals surface area (Å²) in [6.07, 6.45) is 3.35. The van der Waals surface area contributed by atoms with E-state index in [1.807, 2.05) is 47.2 Å². The predicted molar refractivity (Wildman–Crippen MR) is 160 cm³/mol. The molecule has 35 heavy (non-hydrogen) atoms. The molecule has 2 rings (SSSR count). The third kappa shape index (κ3) is 9.34. The van der Waals surface area contributed by atoms with Crippen molar-refractivity contribution < 1.29 is 9.59 Å². The summed E-state index contributed by atoms with van der Waals surface area (Å²) in [5, 5.41) is 0. The van der Waals surface area contributed by atoms with Crippen LogP contribution in [0.3, 0.4) is 0 Å². The first kappa shape index (κ1) is 30.6. The molecule has 0 radical (unpaired) electrons. The standard InChI is InChI=1S/C25H44N4O2S4/c1-7-26-16-20(32)28(22(26)30)18-24(3,4)10-14-34-12-9-13-35-15-11-25(5,6)19-29-21(33)17-27(8-2)23(29)31/h7-19H2,1-6H3. The van der Waals surface area contributed by atoms with Crippen LogP contribution in [0.5, 0.6) is 0 Å². The Morgan fingerprint density at radius 2 is 1.09 bits per heavy atom. The van der Waals surface area contributed by atoms with Gasteiger partial charge in [0.05, 0.1) is 13.1 Å². The van der Waals surface area contributed by atoms with Gasteiger partial charge in [-0.1, -0.05) is 52.1 Å². The highest BCUT2D eigenvalue weighted by Crippen LogP contribution is 2.29. The second-order valence-electron chi connectivity index (χ2n) is 11.0. The van der Waals surface area contributed by atoms with Crippen LogP contribution in [0.1, 0.15) is 60.8 Å². The van der Waals surface area contributed by atoms with Crippen LogP contribution in [-0.4, -0.2) is 104 Å². The monoisotopic (exact) mass is 560 g/mol. The number of thioether (sulfide) groups is 2. The molecule has 0 aromatic heterocycles. The first-order valence-corrected chi connectivity index (χ1v) is 15.9. The van der Waals surface area contributed by atoms with Crippen molar-refractivity contribution in [3.05, 3.63) is 0 Å². The number of amides is 4. The largest absolute Gasteiger partial charge is 0.325 e. The molecule has 2 aliphatic rings. The molecule has 2 saturated heterocycles. The van der Waals surface area contributed by atoms with Crippen molar-refractivity contribution in [3.8, 4) is 0 Å². The molecule has 4 amide bonds. The molecular weight excluding hydrogens is 517 g/mol.